The molecule has 0 bridgehead atoms. The third-order valence-corrected chi connectivity index (χ3v) is 1.78. The second kappa shape index (κ2) is 3.26. The van der Waals surface area contributed by atoms with Crippen molar-refractivity contribution < 1.29 is 13.5 Å². The van der Waals surface area contributed by atoms with Gasteiger partial charge in [-0.3, -0.25) is 0 Å². The van der Waals surface area contributed by atoms with E-state index in [1.54, 1.807) is 0 Å². The molecule has 0 amide bonds. The lowest BCUT2D eigenvalue weighted by atomic mass is 10.2. The molecule has 0 aliphatic carbocycles. The fourth-order valence-electron chi connectivity index (χ4n) is 1.05. The fourth-order valence-corrected chi connectivity index (χ4v) is 1.05. The molecule has 70 valence electrons. The molecule has 5 heteroatoms. The Balaban J connectivity index is 2.10. The first kappa shape index (κ1) is 8.37. The highest BCUT2D eigenvalue weighted by Gasteiger charge is 2.18. The van der Waals surface area contributed by atoms with Gasteiger partial charge < -0.3 is 10.1 Å². The van der Waals surface area contributed by atoms with Gasteiger partial charge in [0.2, 0.25) is 11.9 Å². The number of nitrogens with zero attached hydrogens (tertiary/aromatic N) is 1. The smallest absolute Gasteiger partial charge is 0.219 e. The van der Waals surface area contributed by atoms with Gasteiger partial charge in [0.05, 0.1) is 0 Å². The van der Waals surface area contributed by atoms with Crippen LogP contribution in [0.2, 0.25) is 0 Å². The molecule has 3 nitrogen and oxygen atoms in total. The number of nitrogens with one attached hydrogen (secondary N) is 1. The molecule has 1 fully saturated rings. The number of rotatable bonds is 2. The van der Waals surface area contributed by atoms with E-state index < -0.39 is 11.9 Å². The Kier molecular flexibility index (Phi) is 2.10. The average molecular weight is 186 g/mol. The largest absolute Gasteiger partial charge is 0.487 e. The van der Waals surface area contributed by atoms with E-state index in [9.17, 15) is 8.78 Å². The monoisotopic (exact) mass is 186 g/mol. The van der Waals surface area contributed by atoms with Gasteiger partial charge in [-0.1, -0.05) is 0 Å². The summed E-state index contributed by atoms with van der Waals surface area (Å²) >= 11 is 0. The van der Waals surface area contributed by atoms with Crippen molar-refractivity contribution >= 4 is 0 Å². The molecule has 1 aliphatic rings. The second-order valence-electron chi connectivity index (χ2n) is 2.85. The topological polar surface area (TPSA) is 34.1 Å². The standard InChI is InChI=1S/C8H8F2N2O/c9-7-1-5(2-8(10)12-7)13-6-3-11-4-6/h1-2,6,11H,3-4H2. The molecule has 1 aliphatic heterocycles. The molecule has 0 atom stereocenters. The molecule has 1 aromatic heterocycles. The Morgan fingerprint density at radius 1 is 1.31 bits per heavy atom. The maximum Gasteiger partial charge on any atom is 0.219 e. The van der Waals surface area contributed by atoms with Crippen LogP contribution in [0.25, 0.3) is 0 Å². The third-order valence-electron chi connectivity index (χ3n) is 1.78. The molecule has 13 heavy (non-hydrogen) atoms. The molecule has 2 heterocycles. The molecule has 0 spiro atoms. The van der Waals surface area contributed by atoms with E-state index in [1.165, 1.54) is 0 Å². The molecule has 0 unspecified atom stereocenters. The lowest BCUT2D eigenvalue weighted by Crippen LogP contribution is -2.50. The highest BCUT2D eigenvalue weighted by molar-refractivity contribution is 5.19. The second-order valence-corrected chi connectivity index (χ2v) is 2.85. The number of hydrogen-bond donors (Lipinski definition) is 1. The quantitative estimate of drug-likeness (QED) is 0.691. The molecule has 1 saturated heterocycles. The van der Waals surface area contributed by atoms with Crippen molar-refractivity contribution in [1.82, 2.24) is 10.3 Å². The van der Waals surface area contributed by atoms with Crippen LogP contribution in [-0.2, 0) is 0 Å². The Morgan fingerprint density at radius 2 is 1.92 bits per heavy atom. The van der Waals surface area contributed by atoms with Crippen molar-refractivity contribution in [2.45, 2.75) is 6.10 Å². The van der Waals surface area contributed by atoms with E-state index in [2.05, 4.69) is 10.3 Å². The first-order valence-electron chi connectivity index (χ1n) is 3.94. The van der Waals surface area contributed by atoms with Crippen LogP contribution in [0.5, 0.6) is 5.75 Å². The highest BCUT2D eigenvalue weighted by atomic mass is 19.1. The molecule has 1 aromatic rings. The van der Waals surface area contributed by atoms with E-state index in [-0.39, 0.29) is 11.9 Å². The number of ether oxygens (including phenoxy) is 1. The zero-order chi connectivity index (χ0) is 9.26. The number of halogens is 2. The Bertz CT molecular complexity index is 295. The SMILES string of the molecule is Fc1cc(OC2CNC2)cc(F)n1. The van der Waals surface area contributed by atoms with E-state index in [0.29, 0.717) is 13.1 Å². The van der Waals surface area contributed by atoms with Crippen molar-refractivity contribution in [1.29, 1.82) is 0 Å². The molecule has 0 radical (unpaired) electrons. The Labute approximate surface area is 73.7 Å². The summed E-state index contributed by atoms with van der Waals surface area (Å²) in [5, 5.41) is 2.98. The molecule has 1 N–H and O–H groups in total. The van der Waals surface area contributed by atoms with Crippen LogP contribution < -0.4 is 10.1 Å². The van der Waals surface area contributed by atoms with Crippen molar-refractivity contribution in [2.24, 2.45) is 0 Å². The van der Waals surface area contributed by atoms with E-state index in [4.69, 9.17) is 4.74 Å². The van der Waals surface area contributed by atoms with Gasteiger partial charge in [-0.2, -0.15) is 13.8 Å². The summed E-state index contributed by atoms with van der Waals surface area (Å²) in [6.07, 6.45) is 0.0150. The van der Waals surface area contributed by atoms with Crippen LogP contribution in [-0.4, -0.2) is 24.2 Å². The lowest BCUT2D eigenvalue weighted by Gasteiger charge is -2.27. The van der Waals surface area contributed by atoms with Gasteiger partial charge in [0.25, 0.3) is 0 Å². The van der Waals surface area contributed by atoms with Gasteiger partial charge in [0.15, 0.2) is 0 Å². The van der Waals surface area contributed by atoms with Crippen molar-refractivity contribution in [2.75, 3.05) is 13.1 Å². The minimum absolute atomic E-state index is 0.0150. The number of pyridine rings is 1. The number of hydrogen-bond acceptors (Lipinski definition) is 3. The average Bonchev–Trinajstić information content (AvgIpc) is 1.95. The summed E-state index contributed by atoms with van der Waals surface area (Å²) in [5.41, 5.74) is 0. The summed E-state index contributed by atoms with van der Waals surface area (Å²) < 4.78 is 30.3. The van der Waals surface area contributed by atoms with E-state index in [1.807, 2.05) is 0 Å². The van der Waals surface area contributed by atoms with Crippen LogP contribution in [0.3, 0.4) is 0 Å². The van der Waals surface area contributed by atoms with Gasteiger partial charge in [0, 0.05) is 25.2 Å². The predicted molar refractivity (Wildman–Crippen MR) is 41.4 cm³/mol. The van der Waals surface area contributed by atoms with Crippen molar-refractivity contribution in [3.05, 3.63) is 24.0 Å². The molecule has 0 aromatic carbocycles. The molecular formula is C8H8F2N2O. The predicted octanol–water partition coefficient (Wildman–Crippen LogP) is 0.710. The molecule has 0 saturated carbocycles. The van der Waals surface area contributed by atoms with Crippen molar-refractivity contribution in [3.63, 3.8) is 0 Å². The summed E-state index contributed by atoms with van der Waals surface area (Å²) in [6.45, 7) is 1.43. The van der Waals surface area contributed by atoms with Crippen molar-refractivity contribution in [3.8, 4) is 5.75 Å². The maximum atomic E-state index is 12.6. The Hall–Kier alpha value is -1.23. The lowest BCUT2D eigenvalue weighted by molar-refractivity contribution is 0.141. The van der Waals surface area contributed by atoms with Crippen LogP contribution >= 0.6 is 0 Å². The van der Waals surface area contributed by atoms with Crippen LogP contribution in [0.15, 0.2) is 12.1 Å². The Morgan fingerprint density at radius 3 is 2.38 bits per heavy atom. The first-order chi connectivity index (χ1) is 6.24. The first-order valence-corrected chi connectivity index (χ1v) is 3.94. The minimum atomic E-state index is -0.859. The summed E-state index contributed by atoms with van der Waals surface area (Å²) in [6, 6.07) is 2.14. The normalized spacial score (nSPS) is 16.8. The van der Waals surface area contributed by atoms with Crippen LogP contribution in [0.4, 0.5) is 8.78 Å². The van der Waals surface area contributed by atoms with Gasteiger partial charge in [-0.05, 0) is 0 Å². The number of aromatic nitrogens is 1. The van der Waals surface area contributed by atoms with Gasteiger partial charge in [0.1, 0.15) is 11.9 Å². The van der Waals surface area contributed by atoms with Crippen LogP contribution in [0.1, 0.15) is 0 Å². The fraction of sp³-hybridized carbons (Fsp3) is 0.375. The van der Waals surface area contributed by atoms with E-state index in [0.717, 1.165) is 12.1 Å². The zero-order valence-electron chi connectivity index (χ0n) is 6.76. The van der Waals surface area contributed by atoms with Gasteiger partial charge in [-0.15, -0.1) is 0 Å². The molecule has 2 rings (SSSR count). The maximum absolute atomic E-state index is 12.6. The van der Waals surface area contributed by atoms with Crippen LogP contribution in [0, 0.1) is 11.9 Å². The van der Waals surface area contributed by atoms with E-state index >= 15 is 0 Å². The highest BCUT2D eigenvalue weighted by Crippen LogP contribution is 2.15. The molecular weight excluding hydrogens is 178 g/mol. The summed E-state index contributed by atoms with van der Waals surface area (Å²) in [5.74, 6) is -1.53. The van der Waals surface area contributed by atoms with Gasteiger partial charge >= 0.3 is 0 Å². The van der Waals surface area contributed by atoms with Gasteiger partial charge in [-0.25, -0.2) is 0 Å². The summed E-state index contributed by atoms with van der Waals surface area (Å²) in [7, 11) is 0. The minimum Gasteiger partial charge on any atom is -0.487 e. The zero-order valence-corrected chi connectivity index (χ0v) is 6.76. The summed E-state index contributed by atoms with van der Waals surface area (Å²) in [4.78, 5) is 2.96. The third kappa shape index (κ3) is 1.92.